The number of β-amino-alcohol motifs (C(OH)–C–C–N with tert-alkyl or cyclic N) is 1. The summed E-state index contributed by atoms with van der Waals surface area (Å²) in [6.45, 7) is 20.3. The Kier molecular flexibility index (Phi) is 16.6. The number of allylic oxidation sites excluding steroid dienone is 4. The van der Waals surface area contributed by atoms with E-state index in [9.17, 15) is 44.4 Å². The zero-order valence-corrected chi connectivity index (χ0v) is 43.3. The van der Waals surface area contributed by atoms with Gasteiger partial charge in [0.1, 0.15) is 35.4 Å². The third-order valence-corrected chi connectivity index (χ3v) is 15.4. The SMILES string of the molecule is CO[C@H]1/C=C/O[C@@]2(C)Oc3c(C)c(O)c4c(c3C2=O)C2=NC3(CCN(CC(C)C)CC3)NC2=C(NC(=O)/C(C)=C\C=C\[C@H](C)[C@H](O)[C@@H](C)[C@@H](O)[C@@H](C)[C@H](OC(=O)CC(=O)N2CCN(CCO)CC2)[C@@H]1C)C4=O. The number of nitrogens with one attached hydrogen (secondary N) is 2. The van der Waals surface area contributed by atoms with E-state index in [1.807, 2.05) is 4.90 Å². The van der Waals surface area contributed by atoms with E-state index in [4.69, 9.17) is 23.9 Å². The van der Waals surface area contributed by atoms with Gasteiger partial charge >= 0.3 is 11.8 Å². The molecule has 2 fully saturated rings. The normalized spacial score (nSPS) is 32.0. The Morgan fingerprint density at radius 2 is 1.58 bits per heavy atom. The Labute approximate surface area is 422 Å². The second kappa shape index (κ2) is 22.0. The number of phenolic OH excluding ortho intramolecular Hbond substituents is 1. The predicted molar refractivity (Wildman–Crippen MR) is 266 cm³/mol. The highest BCUT2D eigenvalue weighted by molar-refractivity contribution is 6.34. The molecule has 6 heterocycles. The van der Waals surface area contributed by atoms with Crippen LogP contribution in [-0.2, 0) is 28.6 Å². The van der Waals surface area contributed by atoms with Crippen LogP contribution >= 0.6 is 0 Å². The number of hydrogen-bond donors (Lipinski definition) is 6. The number of nitrogens with zero attached hydrogens (tertiary/aromatic N) is 4. The smallest absolute Gasteiger partial charge is 0.315 e. The van der Waals surface area contributed by atoms with Crippen LogP contribution in [0.2, 0.25) is 0 Å². The number of aliphatic hydroxyl groups excluding tert-OH is 3. The molecule has 6 aliphatic heterocycles. The number of hydrogen-bond acceptors (Lipinski definition) is 17. The number of Topliss-reactive ketones (excluding diaryl/α,β-unsaturated/α-hetero) is 2. The number of aliphatic imine (C=N–C) groups is 1. The van der Waals surface area contributed by atoms with E-state index in [2.05, 4.69) is 29.4 Å². The number of amides is 2. The highest BCUT2D eigenvalue weighted by Crippen LogP contribution is 2.50. The summed E-state index contributed by atoms with van der Waals surface area (Å²) in [5.74, 6) is -8.21. The highest BCUT2D eigenvalue weighted by Gasteiger charge is 2.54. The first kappa shape index (κ1) is 54.3. The molecule has 0 aromatic heterocycles. The number of ketones is 2. The molecule has 8 rings (SSSR count). The molecule has 1 aliphatic carbocycles. The summed E-state index contributed by atoms with van der Waals surface area (Å²) in [6.07, 6.45) is 3.75. The summed E-state index contributed by atoms with van der Waals surface area (Å²) in [7, 11) is 1.43. The van der Waals surface area contributed by atoms with Gasteiger partial charge in [0, 0.05) is 120 Å². The molecule has 19 nitrogen and oxygen atoms in total. The topological polar surface area (TPSA) is 249 Å². The number of piperazine rings is 1. The van der Waals surface area contributed by atoms with Crippen molar-refractivity contribution in [3.8, 4) is 11.5 Å². The quantitative estimate of drug-likeness (QED) is 0.162. The lowest BCUT2D eigenvalue weighted by Crippen LogP contribution is -2.50. The number of carbonyl (C=O) groups excluding carboxylic acids is 5. The monoisotopic (exact) mass is 1000 g/mol. The number of aliphatic hydroxyl groups is 3. The van der Waals surface area contributed by atoms with Crippen molar-refractivity contribution in [3.05, 3.63) is 69.8 Å². The molecular formula is C53H74N6O13. The molecule has 0 saturated carbocycles. The molecule has 1 aromatic rings. The van der Waals surface area contributed by atoms with Gasteiger partial charge in [0.05, 0.1) is 53.7 Å². The molecule has 72 heavy (non-hydrogen) atoms. The van der Waals surface area contributed by atoms with Gasteiger partial charge in [0.2, 0.25) is 11.7 Å². The van der Waals surface area contributed by atoms with Gasteiger partial charge in [0.25, 0.3) is 11.7 Å². The first-order chi connectivity index (χ1) is 34.0. The molecule has 5 bridgehead atoms. The zero-order chi connectivity index (χ0) is 52.6. The van der Waals surface area contributed by atoms with Crippen molar-refractivity contribution < 1.29 is 63.3 Å². The van der Waals surface area contributed by atoms with Crippen molar-refractivity contribution >= 4 is 35.1 Å². The standard InChI is InChI=1S/C53H74N6O13/c1-28(2)27-58-17-15-53(16-18-58)55-41-38-39-46(65)34(8)49-40(38)50(67)52(9,72-49)70-25-14-35(69-10)31(5)48(71-37(62)26-36(61)59-21-19-57(20-22-59)23-24-60)33(7)45(64)32(6)44(63)29(3)12-11-13-30(4)51(68)54-43(47(39)66)42(41)56-53/h11-14,25,28-29,31-33,35,44-45,48,56,60,63-65H,15-24,26-27H2,1-10H3,(H,54,68)/b12-11+,25-14+,30-13-/t29-,31+,32+,33+,35-,44-,45+,48+,52-/m0/s1. The van der Waals surface area contributed by atoms with Crippen molar-refractivity contribution in [2.45, 2.75) is 117 Å². The second-order valence-corrected chi connectivity index (χ2v) is 21.0. The minimum atomic E-state index is -2.04. The molecule has 394 valence electrons. The summed E-state index contributed by atoms with van der Waals surface area (Å²) in [5, 5.41) is 51.1. The number of carbonyl (C=O) groups is 5. The summed E-state index contributed by atoms with van der Waals surface area (Å²) in [5.41, 5.74) is -0.446. The molecule has 6 N–H and O–H groups in total. The largest absolute Gasteiger partial charge is 0.507 e. The van der Waals surface area contributed by atoms with Crippen molar-refractivity contribution in [2.75, 3.05) is 66.1 Å². The molecule has 2 amide bonds. The van der Waals surface area contributed by atoms with Crippen LogP contribution < -0.4 is 15.4 Å². The minimum Gasteiger partial charge on any atom is -0.507 e. The van der Waals surface area contributed by atoms with Crippen molar-refractivity contribution in [3.63, 3.8) is 0 Å². The lowest BCUT2D eigenvalue weighted by Gasteiger charge is -2.38. The van der Waals surface area contributed by atoms with E-state index >= 15 is 0 Å². The number of methoxy groups -OCH3 is 1. The van der Waals surface area contributed by atoms with Crippen LogP contribution in [0.1, 0.15) is 106 Å². The Morgan fingerprint density at radius 3 is 2.22 bits per heavy atom. The number of benzene rings is 1. The summed E-state index contributed by atoms with van der Waals surface area (Å²) in [6, 6.07) is 0. The molecule has 9 atom stereocenters. The van der Waals surface area contributed by atoms with E-state index in [-0.39, 0.29) is 57.3 Å². The maximum atomic E-state index is 14.9. The molecule has 0 radical (unpaired) electrons. The van der Waals surface area contributed by atoms with Crippen molar-refractivity contribution in [1.82, 2.24) is 25.3 Å². The van der Waals surface area contributed by atoms with Crippen LogP contribution in [0.4, 0.5) is 0 Å². The maximum absolute atomic E-state index is 14.9. The van der Waals surface area contributed by atoms with Crippen LogP contribution in [0.25, 0.3) is 0 Å². The van der Waals surface area contributed by atoms with E-state index in [0.29, 0.717) is 64.6 Å². The molecule has 2 saturated heterocycles. The summed E-state index contributed by atoms with van der Waals surface area (Å²) >= 11 is 0. The molecule has 1 spiro atoms. The van der Waals surface area contributed by atoms with Crippen LogP contribution in [-0.4, -0.2) is 172 Å². The highest BCUT2D eigenvalue weighted by atomic mass is 16.7. The fourth-order valence-corrected chi connectivity index (χ4v) is 10.9. The fourth-order valence-electron chi connectivity index (χ4n) is 10.9. The Balaban J connectivity index is 1.26. The van der Waals surface area contributed by atoms with Crippen LogP contribution in [0.5, 0.6) is 11.5 Å². The van der Waals surface area contributed by atoms with Gasteiger partial charge in [-0.2, -0.15) is 0 Å². The number of aromatic hydroxyl groups is 1. The third-order valence-electron chi connectivity index (χ3n) is 15.4. The van der Waals surface area contributed by atoms with Gasteiger partial charge in [-0.15, -0.1) is 0 Å². The zero-order valence-electron chi connectivity index (χ0n) is 43.3. The lowest BCUT2D eigenvalue weighted by molar-refractivity contribution is -0.165. The fraction of sp³-hybridized carbons (Fsp3) is 0.623. The van der Waals surface area contributed by atoms with Crippen molar-refractivity contribution in [2.24, 2.45) is 34.6 Å². The molecule has 19 heteroatoms. The van der Waals surface area contributed by atoms with Crippen molar-refractivity contribution in [1.29, 1.82) is 0 Å². The number of esters is 1. The number of ether oxygens (including phenoxy) is 4. The van der Waals surface area contributed by atoms with E-state index in [1.54, 1.807) is 51.7 Å². The van der Waals surface area contributed by atoms with Gasteiger partial charge in [0.15, 0.2) is 0 Å². The van der Waals surface area contributed by atoms with Crippen LogP contribution in [0.3, 0.4) is 0 Å². The first-order valence-electron chi connectivity index (χ1n) is 25.3. The van der Waals surface area contributed by atoms with E-state index < -0.39 is 101 Å². The van der Waals surface area contributed by atoms with Crippen LogP contribution in [0.15, 0.2) is 52.5 Å². The molecule has 1 aromatic carbocycles. The van der Waals surface area contributed by atoms with Gasteiger partial charge in [-0.25, -0.2) is 0 Å². The molecule has 0 unspecified atom stereocenters. The lowest BCUT2D eigenvalue weighted by atomic mass is 9.78. The van der Waals surface area contributed by atoms with Gasteiger partial charge in [-0.3, -0.25) is 33.9 Å². The Bertz CT molecular complexity index is 2450. The molecule has 7 aliphatic rings. The molecular weight excluding hydrogens is 929 g/mol. The third kappa shape index (κ3) is 10.8. The Morgan fingerprint density at radius 1 is 0.903 bits per heavy atom. The number of rotatable bonds is 8. The van der Waals surface area contributed by atoms with E-state index in [1.165, 1.54) is 39.4 Å². The number of phenols is 1. The average Bonchev–Trinajstić information content (AvgIpc) is 3.85. The predicted octanol–water partition coefficient (Wildman–Crippen LogP) is 3.12. The van der Waals surface area contributed by atoms with Gasteiger partial charge < -0.3 is 59.8 Å². The van der Waals surface area contributed by atoms with Gasteiger partial charge in [-0.1, -0.05) is 59.8 Å². The maximum Gasteiger partial charge on any atom is 0.315 e. The summed E-state index contributed by atoms with van der Waals surface area (Å²) < 4.78 is 24.5. The number of fused-ring (bicyclic) bond motifs is 13. The number of piperidine rings is 1. The minimum absolute atomic E-state index is 0.00193. The Hall–Kier alpha value is -5.44. The second-order valence-electron chi connectivity index (χ2n) is 21.0. The van der Waals surface area contributed by atoms with E-state index in [0.717, 1.165) is 6.54 Å². The van der Waals surface area contributed by atoms with Gasteiger partial charge in [-0.05, 0) is 25.8 Å². The first-order valence-corrected chi connectivity index (χ1v) is 25.3. The summed E-state index contributed by atoms with van der Waals surface area (Å²) in [4.78, 5) is 82.1. The van der Waals surface area contributed by atoms with Crippen LogP contribution in [0, 0.1) is 36.5 Å². The number of likely N-dealkylation sites (tertiary alicyclic amines) is 1. The average molecular weight is 1000 g/mol.